The molecule has 0 atom stereocenters. The number of ether oxygens (including phenoxy) is 3. The maximum atomic E-state index is 12.3. The van der Waals surface area contributed by atoms with Crippen molar-refractivity contribution in [3.05, 3.63) is 47.4 Å². The van der Waals surface area contributed by atoms with Crippen LogP contribution in [-0.2, 0) is 0 Å². The normalized spacial score (nSPS) is 11.4. The number of furan rings is 1. The van der Waals surface area contributed by atoms with Gasteiger partial charge in [0.25, 0.3) is 5.91 Å². The van der Waals surface area contributed by atoms with E-state index in [0.717, 1.165) is 5.57 Å². The molecule has 1 aromatic heterocycles. The molecule has 0 radical (unpaired) electrons. The van der Waals surface area contributed by atoms with Crippen LogP contribution < -0.4 is 19.6 Å². The van der Waals surface area contributed by atoms with Crippen molar-refractivity contribution in [3.63, 3.8) is 0 Å². The minimum atomic E-state index is -0.402. The average Bonchev–Trinajstić information content (AvgIpc) is 3.12. The second kappa shape index (κ2) is 8.58. The third-order valence-corrected chi connectivity index (χ3v) is 3.27. The molecule has 0 aliphatic carbocycles. The van der Waals surface area contributed by atoms with Crippen LogP contribution >= 0.6 is 0 Å². The first kappa shape index (κ1) is 18.1. The summed E-state index contributed by atoms with van der Waals surface area (Å²) in [5.41, 5.74) is 3.61. The number of benzene rings is 1. The fraction of sp³-hybridized carbons (Fsp3) is 0.222. The fourth-order valence-corrected chi connectivity index (χ4v) is 2.10. The standard InChI is InChI=1S/C18H20N2O5/c1-12(8-14-6-5-7-25-14)11-19-20-18(21)13-9-15(22-2)17(24-4)16(10-13)23-3/h5-11H,1-4H3,(H,20,21)/b12-8-,19-11?. The highest BCUT2D eigenvalue weighted by molar-refractivity contribution is 5.96. The summed E-state index contributed by atoms with van der Waals surface area (Å²) in [5.74, 6) is 1.51. The lowest BCUT2D eigenvalue weighted by Gasteiger charge is -2.13. The molecule has 1 aromatic carbocycles. The molecule has 7 nitrogen and oxygen atoms in total. The lowest BCUT2D eigenvalue weighted by molar-refractivity contribution is 0.0954. The van der Waals surface area contributed by atoms with Crippen molar-refractivity contribution in [2.45, 2.75) is 6.92 Å². The van der Waals surface area contributed by atoms with Crippen LogP contribution in [0.15, 0.2) is 45.6 Å². The Morgan fingerprint density at radius 3 is 2.36 bits per heavy atom. The summed E-state index contributed by atoms with van der Waals surface area (Å²) in [6.07, 6.45) is 4.91. The summed E-state index contributed by atoms with van der Waals surface area (Å²) < 4.78 is 20.9. The van der Waals surface area contributed by atoms with Gasteiger partial charge in [-0.25, -0.2) is 5.43 Å². The van der Waals surface area contributed by atoms with E-state index in [2.05, 4.69) is 10.5 Å². The van der Waals surface area contributed by atoms with Gasteiger partial charge in [-0.3, -0.25) is 4.79 Å². The minimum Gasteiger partial charge on any atom is -0.493 e. The molecule has 0 bridgehead atoms. The van der Waals surface area contributed by atoms with E-state index in [0.29, 0.717) is 28.6 Å². The number of hydrazone groups is 1. The van der Waals surface area contributed by atoms with E-state index in [-0.39, 0.29) is 0 Å². The molecule has 2 aromatic rings. The number of methoxy groups -OCH3 is 3. The number of nitrogens with zero attached hydrogens (tertiary/aromatic N) is 1. The summed E-state index contributed by atoms with van der Waals surface area (Å²) in [7, 11) is 4.47. The summed E-state index contributed by atoms with van der Waals surface area (Å²) in [5, 5.41) is 3.93. The third kappa shape index (κ3) is 4.63. The van der Waals surface area contributed by atoms with E-state index < -0.39 is 5.91 Å². The van der Waals surface area contributed by atoms with Gasteiger partial charge in [0.15, 0.2) is 11.5 Å². The maximum absolute atomic E-state index is 12.3. The van der Waals surface area contributed by atoms with Crippen LogP contribution in [0.5, 0.6) is 17.2 Å². The molecule has 0 saturated heterocycles. The summed E-state index contributed by atoms with van der Waals surface area (Å²) >= 11 is 0. The van der Waals surface area contributed by atoms with Gasteiger partial charge in [-0.05, 0) is 42.8 Å². The monoisotopic (exact) mass is 344 g/mol. The lowest BCUT2D eigenvalue weighted by Crippen LogP contribution is -2.18. The van der Waals surface area contributed by atoms with Crippen LogP contribution in [0.2, 0.25) is 0 Å². The summed E-state index contributed by atoms with van der Waals surface area (Å²) in [6, 6.07) is 6.73. The highest BCUT2D eigenvalue weighted by Gasteiger charge is 2.16. The Kier molecular flexibility index (Phi) is 6.22. The van der Waals surface area contributed by atoms with Gasteiger partial charge in [0.2, 0.25) is 5.75 Å². The van der Waals surface area contributed by atoms with Crippen molar-refractivity contribution in [2.75, 3.05) is 21.3 Å². The Morgan fingerprint density at radius 2 is 1.84 bits per heavy atom. The van der Waals surface area contributed by atoms with Gasteiger partial charge in [0.1, 0.15) is 5.76 Å². The summed E-state index contributed by atoms with van der Waals surface area (Å²) in [6.45, 7) is 1.84. The number of carbonyl (C=O) groups is 1. The number of rotatable bonds is 7. The first-order valence-corrected chi connectivity index (χ1v) is 7.44. The van der Waals surface area contributed by atoms with Crippen molar-refractivity contribution >= 4 is 18.2 Å². The molecule has 0 unspecified atom stereocenters. The van der Waals surface area contributed by atoms with Crippen LogP contribution in [0.25, 0.3) is 6.08 Å². The van der Waals surface area contributed by atoms with Crippen molar-refractivity contribution in [1.82, 2.24) is 5.43 Å². The van der Waals surface area contributed by atoms with Gasteiger partial charge < -0.3 is 18.6 Å². The molecule has 132 valence electrons. The maximum Gasteiger partial charge on any atom is 0.271 e. The van der Waals surface area contributed by atoms with Crippen LogP contribution in [0.1, 0.15) is 23.0 Å². The molecule has 0 saturated carbocycles. The van der Waals surface area contributed by atoms with Crippen LogP contribution in [0.4, 0.5) is 0 Å². The van der Waals surface area contributed by atoms with Crippen molar-refractivity contribution in [2.24, 2.45) is 5.10 Å². The molecule has 0 aliphatic heterocycles. The van der Waals surface area contributed by atoms with E-state index in [1.165, 1.54) is 27.5 Å². The van der Waals surface area contributed by atoms with Crippen molar-refractivity contribution in [1.29, 1.82) is 0 Å². The van der Waals surface area contributed by atoms with Gasteiger partial charge in [-0.2, -0.15) is 5.10 Å². The number of hydrogen-bond acceptors (Lipinski definition) is 6. The summed E-state index contributed by atoms with van der Waals surface area (Å²) in [4.78, 5) is 12.3. The zero-order valence-electron chi connectivity index (χ0n) is 14.5. The molecule has 0 fully saturated rings. The number of carbonyl (C=O) groups excluding carboxylic acids is 1. The van der Waals surface area contributed by atoms with Crippen molar-refractivity contribution in [3.8, 4) is 17.2 Å². The molecular formula is C18H20N2O5. The molecule has 25 heavy (non-hydrogen) atoms. The second-order valence-corrected chi connectivity index (χ2v) is 5.02. The van der Waals surface area contributed by atoms with Gasteiger partial charge >= 0.3 is 0 Å². The smallest absolute Gasteiger partial charge is 0.271 e. The van der Waals surface area contributed by atoms with Crippen LogP contribution in [0, 0.1) is 0 Å². The number of nitrogens with one attached hydrogen (secondary N) is 1. The highest BCUT2D eigenvalue weighted by atomic mass is 16.5. The Bertz CT molecular complexity index is 754. The van der Waals surface area contributed by atoms with E-state index >= 15 is 0 Å². The quantitative estimate of drug-likeness (QED) is 0.616. The molecule has 1 amide bonds. The predicted octanol–water partition coefficient (Wildman–Crippen LogP) is 3.12. The van der Waals surface area contributed by atoms with Gasteiger partial charge in [0, 0.05) is 5.56 Å². The van der Waals surface area contributed by atoms with E-state index in [4.69, 9.17) is 18.6 Å². The molecule has 1 heterocycles. The molecule has 1 N–H and O–H groups in total. The zero-order chi connectivity index (χ0) is 18.2. The Morgan fingerprint density at radius 1 is 1.16 bits per heavy atom. The highest BCUT2D eigenvalue weighted by Crippen LogP contribution is 2.38. The third-order valence-electron chi connectivity index (χ3n) is 3.27. The Balaban J connectivity index is 2.11. The Hall–Kier alpha value is -3.22. The predicted molar refractivity (Wildman–Crippen MR) is 94.4 cm³/mol. The minimum absolute atomic E-state index is 0.333. The largest absolute Gasteiger partial charge is 0.493 e. The van der Waals surface area contributed by atoms with E-state index in [1.807, 2.05) is 13.0 Å². The first-order valence-electron chi connectivity index (χ1n) is 7.44. The second-order valence-electron chi connectivity index (χ2n) is 5.02. The average molecular weight is 344 g/mol. The molecule has 2 rings (SSSR count). The van der Waals surface area contributed by atoms with E-state index in [1.54, 1.807) is 30.5 Å². The molecule has 0 aliphatic rings. The van der Waals surface area contributed by atoms with Gasteiger partial charge in [-0.15, -0.1) is 0 Å². The Labute approximate surface area is 145 Å². The number of hydrogen-bond donors (Lipinski definition) is 1. The number of allylic oxidation sites excluding steroid dienone is 1. The van der Waals surface area contributed by atoms with E-state index in [9.17, 15) is 4.79 Å². The van der Waals surface area contributed by atoms with Gasteiger partial charge in [-0.1, -0.05) is 0 Å². The fourth-order valence-electron chi connectivity index (χ4n) is 2.10. The van der Waals surface area contributed by atoms with Crippen molar-refractivity contribution < 1.29 is 23.4 Å². The lowest BCUT2D eigenvalue weighted by atomic mass is 10.1. The van der Waals surface area contributed by atoms with Crippen LogP contribution in [-0.4, -0.2) is 33.5 Å². The molecule has 0 spiro atoms. The van der Waals surface area contributed by atoms with Crippen LogP contribution in [0.3, 0.4) is 0 Å². The van der Waals surface area contributed by atoms with Gasteiger partial charge in [0.05, 0.1) is 33.8 Å². The molecular weight excluding hydrogens is 324 g/mol. The number of amides is 1. The SMILES string of the molecule is COc1cc(C(=O)NN=C/C(C)=C\c2ccco2)cc(OC)c1OC. The topological polar surface area (TPSA) is 82.3 Å². The first-order chi connectivity index (χ1) is 12.1. The molecule has 7 heteroatoms. The zero-order valence-corrected chi connectivity index (χ0v) is 14.5.